The van der Waals surface area contributed by atoms with Gasteiger partial charge < -0.3 is 25.0 Å². The number of amides is 2. The van der Waals surface area contributed by atoms with Gasteiger partial charge in [-0.1, -0.05) is 11.6 Å². The van der Waals surface area contributed by atoms with Gasteiger partial charge in [0.25, 0.3) is 0 Å². The van der Waals surface area contributed by atoms with Crippen molar-refractivity contribution in [3.63, 3.8) is 0 Å². The summed E-state index contributed by atoms with van der Waals surface area (Å²) in [5.41, 5.74) is -1.78. The molecule has 61 heavy (non-hydrogen) atoms. The fourth-order valence-electron chi connectivity index (χ4n) is 9.42. The summed E-state index contributed by atoms with van der Waals surface area (Å²) in [5.74, 6) is -2.40. The molecule has 1 unspecified atom stereocenters. The highest BCUT2D eigenvalue weighted by molar-refractivity contribution is 7.89. The highest BCUT2D eigenvalue weighted by atomic mass is 35.5. The van der Waals surface area contributed by atoms with Gasteiger partial charge in [0.15, 0.2) is 0 Å². The van der Waals surface area contributed by atoms with Gasteiger partial charge >= 0.3 is 6.18 Å². The Morgan fingerprint density at radius 3 is 2.39 bits per heavy atom. The van der Waals surface area contributed by atoms with Crippen LogP contribution in [0.2, 0.25) is 5.02 Å². The number of carbonyl (C=O) groups excluding carboxylic acids is 2. The molecule has 1 saturated carbocycles. The number of benzene rings is 2. The zero-order chi connectivity index (χ0) is 43.5. The van der Waals surface area contributed by atoms with Gasteiger partial charge in [-0.3, -0.25) is 19.8 Å². The smallest absolute Gasteiger partial charge is 0.388 e. The molecule has 2 atom stereocenters. The molecule has 5 saturated heterocycles. The molecule has 3 aromatic rings. The van der Waals surface area contributed by atoms with E-state index in [1.165, 1.54) is 29.2 Å². The lowest BCUT2D eigenvalue weighted by molar-refractivity contribution is -0.166. The number of piperazine rings is 1. The minimum Gasteiger partial charge on any atom is -0.388 e. The summed E-state index contributed by atoms with van der Waals surface area (Å²) in [6, 6.07) is 7.37. The predicted octanol–water partition coefficient (Wildman–Crippen LogP) is 5.39. The van der Waals surface area contributed by atoms with Gasteiger partial charge in [-0.25, -0.2) is 22.5 Å². The number of carbonyl (C=O) groups is 2. The minimum absolute atomic E-state index is 0.0235. The number of halogens is 5. The van der Waals surface area contributed by atoms with Crippen LogP contribution in [0.3, 0.4) is 0 Å². The predicted molar refractivity (Wildman–Crippen MR) is 219 cm³/mol. The molecule has 9 rings (SSSR count). The number of sulfonamides is 1. The summed E-state index contributed by atoms with van der Waals surface area (Å²) in [5, 5.41) is 16.0. The third-order valence-corrected chi connectivity index (χ3v) is 14.7. The Kier molecular flexibility index (Phi) is 11.6. The van der Waals surface area contributed by atoms with E-state index in [-0.39, 0.29) is 59.4 Å². The lowest BCUT2D eigenvalue weighted by Crippen LogP contribution is -2.65. The Bertz CT molecular complexity index is 2280. The number of imide groups is 1. The molecule has 6 fully saturated rings. The first-order valence-corrected chi connectivity index (χ1v) is 22.4. The lowest BCUT2D eigenvalue weighted by atomic mass is 9.71. The molecule has 2 amide bonds. The molecule has 0 spiro atoms. The van der Waals surface area contributed by atoms with Crippen molar-refractivity contribution in [2.45, 2.75) is 98.9 Å². The second kappa shape index (κ2) is 16.2. The largest absolute Gasteiger partial charge is 0.421 e. The molecule has 14 nitrogen and oxygen atoms in total. The van der Waals surface area contributed by atoms with Gasteiger partial charge in [-0.05, 0) is 100 Å². The molecule has 20 heteroatoms. The van der Waals surface area contributed by atoms with Crippen molar-refractivity contribution in [1.82, 2.24) is 24.9 Å². The van der Waals surface area contributed by atoms with Crippen LogP contribution in [0.5, 0.6) is 0 Å². The molecule has 330 valence electrons. The van der Waals surface area contributed by atoms with Crippen molar-refractivity contribution < 1.29 is 45.4 Å². The zero-order valence-electron chi connectivity index (χ0n) is 33.9. The number of nitrogens with zero attached hydrogens (tertiary/aromatic N) is 5. The molecule has 6 heterocycles. The van der Waals surface area contributed by atoms with E-state index < -0.39 is 56.1 Å². The number of piperidine rings is 2. The van der Waals surface area contributed by atoms with Crippen LogP contribution in [-0.4, -0.2) is 109 Å². The monoisotopic (exact) mass is 892 g/mol. The van der Waals surface area contributed by atoms with Gasteiger partial charge in [0.1, 0.15) is 17.2 Å². The van der Waals surface area contributed by atoms with Crippen LogP contribution >= 0.6 is 11.6 Å². The number of aromatic nitrogens is 2. The first-order chi connectivity index (χ1) is 28.7. The highest BCUT2D eigenvalue weighted by Crippen LogP contribution is 2.45. The minimum atomic E-state index is -4.72. The summed E-state index contributed by atoms with van der Waals surface area (Å²) in [4.78, 5) is 37.7. The van der Waals surface area contributed by atoms with Crippen molar-refractivity contribution in [1.29, 1.82) is 0 Å². The van der Waals surface area contributed by atoms with E-state index in [1.54, 1.807) is 19.9 Å². The van der Waals surface area contributed by atoms with Gasteiger partial charge in [-0.2, -0.15) is 18.2 Å². The normalized spacial score (nSPS) is 27.6. The molecule has 0 radical (unpaired) electrons. The van der Waals surface area contributed by atoms with E-state index in [1.807, 2.05) is 4.90 Å². The van der Waals surface area contributed by atoms with Gasteiger partial charge in [0.05, 0.1) is 44.9 Å². The second-order valence-corrected chi connectivity index (χ2v) is 19.6. The van der Waals surface area contributed by atoms with Gasteiger partial charge in [0.2, 0.25) is 27.8 Å². The number of hydrogen-bond donors (Lipinski definition) is 4. The van der Waals surface area contributed by atoms with Crippen molar-refractivity contribution in [3.8, 4) is 0 Å². The molecular weight excluding hydrogens is 844 g/mol. The van der Waals surface area contributed by atoms with E-state index in [2.05, 4.69) is 30.2 Å². The number of rotatable bonds is 10. The molecule has 6 aliphatic rings. The SMILES string of the molecule is Cc1cc(S(=O)(=O)NC23CCC(CN4CCN(c5c(F)cc(C6CCC(=O)NC6=O)cc5Cl)CC4)(CC2)OC3)ccc1Nc1ncc(C(F)(F)F)c(N2CCC[C@](C)(O)C2)n1. The number of hydrogen-bond acceptors (Lipinski definition) is 12. The van der Waals surface area contributed by atoms with Gasteiger partial charge in [0, 0.05) is 64.1 Å². The standard InChI is InChI=1S/C41H49ClF4N8O6S/c1-25-18-27(4-6-32(25)48-37-47-21-29(41(44,45)46)35(50-37)54-13-3-8-38(2,57)22-54)61(58,59)51-39-9-11-40(12-10-39,60-24-39)23-52-14-16-53(17-15-52)34-30(42)19-26(20-31(34)43)28-5-7-33(55)49-36(28)56/h4,6,18-21,28,51,57H,3,5,7-17,22-24H2,1-2H3,(H,47,48,50)(H,49,55,56)/t28?,38-,39?,40?/m0/s1. The van der Waals surface area contributed by atoms with Gasteiger partial charge in [-0.15, -0.1) is 0 Å². The van der Waals surface area contributed by atoms with E-state index in [4.69, 9.17) is 16.3 Å². The summed E-state index contributed by atoms with van der Waals surface area (Å²) < 4.78 is 94.4. The van der Waals surface area contributed by atoms with Crippen molar-refractivity contribution in [3.05, 3.63) is 64.1 Å². The van der Waals surface area contributed by atoms with Crippen LogP contribution in [0, 0.1) is 12.7 Å². The molecule has 1 aromatic heterocycles. The first-order valence-electron chi connectivity index (χ1n) is 20.5. The Balaban J connectivity index is 0.864. The highest BCUT2D eigenvalue weighted by Gasteiger charge is 2.52. The molecule has 2 aromatic carbocycles. The maximum atomic E-state index is 15.5. The molecule has 4 N–H and O–H groups in total. The van der Waals surface area contributed by atoms with Crippen LogP contribution in [0.15, 0.2) is 41.4 Å². The molecule has 1 aliphatic carbocycles. The van der Waals surface area contributed by atoms with Crippen molar-refractivity contribution in [2.24, 2.45) is 0 Å². The summed E-state index contributed by atoms with van der Waals surface area (Å²) >= 11 is 6.59. The Labute approximate surface area is 356 Å². The number of nitrogens with one attached hydrogen (secondary N) is 3. The molecular formula is C41H49ClF4N8O6S. The quantitative estimate of drug-likeness (QED) is 0.152. The third kappa shape index (κ3) is 9.18. The van der Waals surface area contributed by atoms with Crippen LogP contribution in [0.4, 0.5) is 40.7 Å². The van der Waals surface area contributed by atoms with Crippen molar-refractivity contribution >= 4 is 56.6 Å². The average molecular weight is 893 g/mol. The number of alkyl halides is 3. The summed E-state index contributed by atoms with van der Waals surface area (Å²) in [6.07, 6.45) is -0.147. The number of aliphatic hydroxyl groups is 1. The lowest BCUT2D eigenvalue weighted by Gasteiger charge is -2.54. The third-order valence-electron chi connectivity index (χ3n) is 12.8. The average Bonchev–Trinajstić information content (AvgIpc) is 3.19. The van der Waals surface area contributed by atoms with Crippen molar-refractivity contribution in [2.75, 3.05) is 67.5 Å². The number of β-amino-alcohol motifs (C(OH)–C–C–N with tert-alkyl or cyclic N) is 1. The Morgan fingerprint density at radius 1 is 1.03 bits per heavy atom. The Hall–Kier alpha value is -4.14. The van der Waals surface area contributed by atoms with E-state index in [9.17, 15) is 36.3 Å². The first kappa shape index (κ1) is 43.5. The summed E-state index contributed by atoms with van der Waals surface area (Å²) in [7, 11) is -4.01. The van der Waals surface area contributed by atoms with Crippen LogP contribution in [0.25, 0.3) is 0 Å². The molecule has 2 bridgehead atoms. The number of anilines is 4. The number of ether oxygens (including phenoxy) is 1. The molecule has 5 aliphatic heterocycles. The topological polar surface area (TPSA) is 169 Å². The zero-order valence-corrected chi connectivity index (χ0v) is 35.5. The van der Waals surface area contributed by atoms with Crippen LogP contribution < -0.4 is 25.2 Å². The maximum absolute atomic E-state index is 15.5. The van der Waals surface area contributed by atoms with E-state index >= 15 is 4.39 Å². The van der Waals surface area contributed by atoms with E-state index in [0.29, 0.717) is 101 Å². The fourth-order valence-corrected chi connectivity index (χ4v) is 11.3. The van der Waals surface area contributed by atoms with Crippen LogP contribution in [0.1, 0.15) is 80.9 Å². The Morgan fingerprint density at radius 2 is 1.77 bits per heavy atom. The maximum Gasteiger partial charge on any atom is 0.421 e. The number of aryl methyl sites for hydroxylation is 1. The van der Waals surface area contributed by atoms with E-state index in [0.717, 1.165) is 0 Å². The summed E-state index contributed by atoms with van der Waals surface area (Å²) in [6.45, 7) is 6.65. The fraction of sp³-hybridized carbons (Fsp3) is 0.561. The second-order valence-electron chi connectivity index (χ2n) is 17.5. The van der Waals surface area contributed by atoms with Crippen LogP contribution in [-0.2, 0) is 30.5 Å². The number of fused-ring (bicyclic) bond motifs is 3.